The van der Waals surface area contributed by atoms with E-state index < -0.39 is 5.97 Å². The molecule has 0 heterocycles. The summed E-state index contributed by atoms with van der Waals surface area (Å²) in [5, 5.41) is 11.6. The van der Waals surface area contributed by atoms with Crippen LogP contribution in [0.1, 0.15) is 25.3 Å². The average molecular weight is 225 g/mol. The zero-order chi connectivity index (χ0) is 12.1. The number of rotatable bonds is 5. The molecule has 3 nitrogen and oxygen atoms in total. The molecule has 4 heteroatoms. The Morgan fingerprint density at radius 2 is 2.25 bits per heavy atom. The summed E-state index contributed by atoms with van der Waals surface area (Å²) in [6.07, 6.45) is 0.633. The van der Waals surface area contributed by atoms with Crippen molar-refractivity contribution in [3.63, 3.8) is 0 Å². The van der Waals surface area contributed by atoms with Gasteiger partial charge in [-0.2, -0.15) is 0 Å². The van der Waals surface area contributed by atoms with Gasteiger partial charge in [-0.15, -0.1) is 0 Å². The molecule has 0 bridgehead atoms. The normalized spacial score (nSPS) is 12.2. The lowest BCUT2D eigenvalue weighted by molar-refractivity contribution is -0.137. The highest BCUT2D eigenvalue weighted by Crippen LogP contribution is 2.17. The lowest BCUT2D eigenvalue weighted by Crippen LogP contribution is -2.17. The molecule has 16 heavy (non-hydrogen) atoms. The fourth-order valence-electron chi connectivity index (χ4n) is 1.43. The molecule has 0 aliphatic carbocycles. The number of benzene rings is 1. The Morgan fingerprint density at radius 1 is 1.56 bits per heavy atom. The molecule has 1 rings (SSSR count). The lowest BCUT2D eigenvalue weighted by Gasteiger charge is -2.16. The van der Waals surface area contributed by atoms with Crippen LogP contribution in [0.5, 0.6) is 0 Å². The van der Waals surface area contributed by atoms with Gasteiger partial charge in [-0.1, -0.05) is 6.07 Å². The predicted octanol–water partition coefficient (Wildman–Crippen LogP) is 2.80. The second-order valence-electron chi connectivity index (χ2n) is 3.94. The SMILES string of the molecule is Cc1ccc(F)cc1NC(C)CCC(=O)O. The summed E-state index contributed by atoms with van der Waals surface area (Å²) in [7, 11) is 0. The summed E-state index contributed by atoms with van der Waals surface area (Å²) in [6, 6.07) is 4.54. The van der Waals surface area contributed by atoms with Crippen LogP contribution in [0.15, 0.2) is 18.2 Å². The lowest BCUT2D eigenvalue weighted by atomic mass is 10.1. The minimum Gasteiger partial charge on any atom is -0.481 e. The molecule has 0 aliphatic rings. The van der Waals surface area contributed by atoms with Gasteiger partial charge in [0.05, 0.1) is 0 Å². The smallest absolute Gasteiger partial charge is 0.303 e. The fraction of sp³-hybridized carbons (Fsp3) is 0.417. The fourth-order valence-corrected chi connectivity index (χ4v) is 1.43. The van der Waals surface area contributed by atoms with Gasteiger partial charge in [0.1, 0.15) is 5.82 Å². The molecule has 0 aromatic heterocycles. The van der Waals surface area contributed by atoms with Gasteiger partial charge < -0.3 is 10.4 Å². The van der Waals surface area contributed by atoms with Crippen LogP contribution in [0.25, 0.3) is 0 Å². The van der Waals surface area contributed by atoms with Crippen molar-refractivity contribution in [1.29, 1.82) is 0 Å². The number of aryl methyl sites for hydroxylation is 1. The highest BCUT2D eigenvalue weighted by molar-refractivity contribution is 5.66. The Labute approximate surface area is 94.3 Å². The predicted molar refractivity (Wildman–Crippen MR) is 61.1 cm³/mol. The van der Waals surface area contributed by atoms with Crippen molar-refractivity contribution in [2.24, 2.45) is 0 Å². The van der Waals surface area contributed by atoms with Crippen LogP contribution in [0, 0.1) is 12.7 Å². The minimum atomic E-state index is -0.815. The van der Waals surface area contributed by atoms with E-state index >= 15 is 0 Å². The van der Waals surface area contributed by atoms with Crippen molar-refractivity contribution in [3.8, 4) is 0 Å². The number of aliphatic carboxylic acids is 1. The number of carboxylic acid groups (broad SMARTS) is 1. The van der Waals surface area contributed by atoms with Crippen LogP contribution in [-0.2, 0) is 4.79 Å². The first-order chi connectivity index (χ1) is 7.49. The number of carbonyl (C=O) groups is 1. The summed E-state index contributed by atoms with van der Waals surface area (Å²) in [4.78, 5) is 10.4. The highest BCUT2D eigenvalue weighted by Gasteiger charge is 2.07. The molecule has 0 radical (unpaired) electrons. The van der Waals surface area contributed by atoms with E-state index in [4.69, 9.17) is 5.11 Å². The molecule has 0 fully saturated rings. The summed E-state index contributed by atoms with van der Waals surface area (Å²) in [6.45, 7) is 3.76. The molecule has 2 N–H and O–H groups in total. The second-order valence-corrected chi connectivity index (χ2v) is 3.94. The van der Waals surface area contributed by atoms with Crippen LogP contribution in [0.2, 0.25) is 0 Å². The molecular formula is C12H16FNO2. The molecule has 0 saturated heterocycles. The van der Waals surface area contributed by atoms with Crippen LogP contribution in [0.3, 0.4) is 0 Å². The number of nitrogens with one attached hydrogen (secondary N) is 1. The van der Waals surface area contributed by atoms with E-state index in [1.165, 1.54) is 12.1 Å². The molecule has 0 aliphatic heterocycles. The topological polar surface area (TPSA) is 49.3 Å². The Kier molecular flexibility index (Phi) is 4.28. The van der Waals surface area contributed by atoms with Crippen LogP contribution >= 0.6 is 0 Å². The summed E-state index contributed by atoms with van der Waals surface area (Å²) >= 11 is 0. The monoisotopic (exact) mass is 225 g/mol. The summed E-state index contributed by atoms with van der Waals surface area (Å²) < 4.78 is 13.0. The zero-order valence-electron chi connectivity index (χ0n) is 9.46. The molecule has 1 atom stereocenters. The average Bonchev–Trinajstić information content (AvgIpc) is 2.20. The quantitative estimate of drug-likeness (QED) is 0.810. The number of hydrogen-bond acceptors (Lipinski definition) is 2. The Balaban J connectivity index is 2.58. The van der Waals surface area contributed by atoms with Crippen molar-refractivity contribution in [2.45, 2.75) is 32.7 Å². The Morgan fingerprint density at radius 3 is 2.88 bits per heavy atom. The van der Waals surface area contributed by atoms with Gasteiger partial charge in [0.25, 0.3) is 0 Å². The van der Waals surface area contributed by atoms with Crippen molar-refractivity contribution in [3.05, 3.63) is 29.6 Å². The third-order valence-corrected chi connectivity index (χ3v) is 2.39. The van der Waals surface area contributed by atoms with Crippen molar-refractivity contribution in [2.75, 3.05) is 5.32 Å². The Hall–Kier alpha value is -1.58. The second kappa shape index (κ2) is 5.49. The minimum absolute atomic E-state index is 0.0107. The Bertz CT molecular complexity index is 379. The van der Waals surface area contributed by atoms with Gasteiger partial charge in [-0.3, -0.25) is 4.79 Å². The number of anilines is 1. The summed E-state index contributed by atoms with van der Waals surface area (Å²) in [5.41, 5.74) is 1.67. The van der Waals surface area contributed by atoms with Gasteiger partial charge in [0.15, 0.2) is 0 Å². The van der Waals surface area contributed by atoms with E-state index in [2.05, 4.69) is 5.32 Å². The van der Waals surface area contributed by atoms with E-state index in [-0.39, 0.29) is 18.3 Å². The standard InChI is InChI=1S/C12H16FNO2/c1-8-3-5-10(13)7-11(8)14-9(2)4-6-12(15)16/h3,5,7,9,14H,4,6H2,1-2H3,(H,15,16). The number of halogens is 1. The van der Waals surface area contributed by atoms with Gasteiger partial charge in [-0.05, 0) is 38.0 Å². The zero-order valence-corrected chi connectivity index (χ0v) is 9.46. The van der Waals surface area contributed by atoms with Gasteiger partial charge >= 0.3 is 5.97 Å². The van der Waals surface area contributed by atoms with Crippen LogP contribution in [0.4, 0.5) is 10.1 Å². The molecule has 1 aromatic rings. The van der Waals surface area contributed by atoms with E-state index in [1.807, 2.05) is 13.8 Å². The van der Waals surface area contributed by atoms with E-state index in [0.29, 0.717) is 6.42 Å². The van der Waals surface area contributed by atoms with Gasteiger partial charge in [-0.25, -0.2) is 4.39 Å². The van der Waals surface area contributed by atoms with E-state index in [1.54, 1.807) is 6.07 Å². The van der Waals surface area contributed by atoms with Crippen LogP contribution < -0.4 is 5.32 Å². The first-order valence-corrected chi connectivity index (χ1v) is 5.23. The van der Waals surface area contributed by atoms with Crippen molar-refractivity contribution in [1.82, 2.24) is 0 Å². The summed E-state index contributed by atoms with van der Waals surface area (Å²) in [5.74, 6) is -1.11. The molecule has 0 saturated carbocycles. The first kappa shape index (κ1) is 12.5. The van der Waals surface area contributed by atoms with Gasteiger partial charge in [0.2, 0.25) is 0 Å². The maximum absolute atomic E-state index is 13.0. The molecule has 1 aromatic carbocycles. The van der Waals surface area contributed by atoms with E-state index in [0.717, 1.165) is 11.3 Å². The molecule has 0 amide bonds. The van der Waals surface area contributed by atoms with Gasteiger partial charge in [0, 0.05) is 18.2 Å². The van der Waals surface area contributed by atoms with E-state index in [9.17, 15) is 9.18 Å². The molecule has 1 unspecified atom stereocenters. The molecular weight excluding hydrogens is 209 g/mol. The van der Waals surface area contributed by atoms with Crippen molar-refractivity contribution >= 4 is 11.7 Å². The number of hydrogen-bond donors (Lipinski definition) is 2. The maximum atomic E-state index is 13.0. The third-order valence-electron chi connectivity index (χ3n) is 2.39. The molecule has 0 spiro atoms. The maximum Gasteiger partial charge on any atom is 0.303 e. The largest absolute Gasteiger partial charge is 0.481 e. The van der Waals surface area contributed by atoms with Crippen LogP contribution in [-0.4, -0.2) is 17.1 Å². The first-order valence-electron chi connectivity index (χ1n) is 5.23. The number of carboxylic acids is 1. The van der Waals surface area contributed by atoms with Crippen molar-refractivity contribution < 1.29 is 14.3 Å². The third kappa shape index (κ3) is 3.88. The highest BCUT2D eigenvalue weighted by atomic mass is 19.1. The molecule has 88 valence electrons.